The summed E-state index contributed by atoms with van der Waals surface area (Å²) in [5, 5.41) is 1.27. The Bertz CT molecular complexity index is 556. The van der Waals surface area contributed by atoms with Crippen LogP contribution in [-0.2, 0) is 12.8 Å². The van der Waals surface area contributed by atoms with E-state index in [1.165, 1.54) is 16.7 Å². The summed E-state index contributed by atoms with van der Waals surface area (Å²) in [6.07, 6.45) is 3.25. The molecule has 0 nitrogen and oxygen atoms in total. The molecule has 0 spiro atoms. The first-order chi connectivity index (χ1) is 9.56. The fraction of sp³-hybridized carbons (Fsp3) is 0.333. The van der Waals surface area contributed by atoms with E-state index in [4.69, 9.17) is 23.2 Å². The molecule has 0 heterocycles. The summed E-state index contributed by atoms with van der Waals surface area (Å²) in [7, 11) is 0. The zero-order valence-corrected chi connectivity index (χ0v) is 13.5. The maximum absolute atomic E-state index is 6.02. The Labute approximate surface area is 131 Å². The molecule has 0 aromatic heterocycles. The van der Waals surface area contributed by atoms with Crippen molar-refractivity contribution in [2.24, 2.45) is 0 Å². The number of halogens is 2. The van der Waals surface area contributed by atoms with E-state index in [0.717, 1.165) is 19.3 Å². The highest BCUT2D eigenvalue weighted by molar-refractivity contribution is 6.42. The summed E-state index contributed by atoms with van der Waals surface area (Å²) < 4.78 is 0. The third-order valence-corrected chi connectivity index (χ3v) is 4.30. The predicted molar refractivity (Wildman–Crippen MR) is 89.0 cm³/mol. The Kier molecular flexibility index (Phi) is 5.51. The standard InChI is InChI=1S/C18H20Cl2/c1-13(2)16-9-6-14(7-10-16)4-3-5-15-8-11-17(19)18(20)12-15/h6-13H,3-5H2,1-2H3. The second-order valence-electron chi connectivity index (χ2n) is 5.50. The van der Waals surface area contributed by atoms with Crippen LogP contribution in [0.25, 0.3) is 0 Å². The Hall–Kier alpha value is -0.980. The van der Waals surface area contributed by atoms with Crippen molar-refractivity contribution >= 4 is 23.2 Å². The molecule has 0 amide bonds. The first-order valence-corrected chi connectivity index (χ1v) is 7.84. The van der Waals surface area contributed by atoms with E-state index in [9.17, 15) is 0 Å². The minimum Gasteiger partial charge on any atom is -0.0827 e. The van der Waals surface area contributed by atoms with Crippen LogP contribution in [0.2, 0.25) is 10.0 Å². The molecule has 0 unspecified atom stereocenters. The molecule has 0 saturated carbocycles. The molecule has 0 aliphatic carbocycles. The third-order valence-electron chi connectivity index (χ3n) is 3.56. The maximum Gasteiger partial charge on any atom is 0.0595 e. The molecule has 106 valence electrons. The van der Waals surface area contributed by atoms with Gasteiger partial charge in [0.25, 0.3) is 0 Å². The van der Waals surface area contributed by atoms with E-state index in [-0.39, 0.29) is 0 Å². The van der Waals surface area contributed by atoms with Crippen LogP contribution in [-0.4, -0.2) is 0 Å². The van der Waals surface area contributed by atoms with Gasteiger partial charge in [0, 0.05) is 0 Å². The van der Waals surface area contributed by atoms with E-state index < -0.39 is 0 Å². The Morgan fingerprint density at radius 3 is 2.00 bits per heavy atom. The molecule has 2 aromatic carbocycles. The van der Waals surface area contributed by atoms with Gasteiger partial charge < -0.3 is 0 Å². The van der Waals surface area contributed by atoms with E-state index in [1.54, 1.807) is 0 Å². The summed E-state index contributed by atoms with van der Waals surface area (Å²) in [5.41, 5.74) is 4.05. The van der Waals surface area contributed by atoms with Crippen molar-refractivity contribution in [2.45, 2.75) is 39.0 Å². The lowest BCUT2D eigenvalue weighted by Crippen LogP contribution is -1.92. The first kappa shape index (κ1) is 15.4. The van der Waals surface area contributed by atoms with E-state index >= 15 is 0 Å². The molecule has 0 N–H and O–H groups in total. The van der Waals surface area contributed by atoms with Gasteiger partial charge in [-0.05, 0) is 54.0 Å². The highest BCUT2D eigenvalue weighted by atomic mass is 35.5. The van der Waals surface area contributed by atoms with Crippen molar-refractivity contribution in [3.05, 3.63) is 69.2 Å². The monoisotopic (exact) mass is 306 g/mol. The summed E-state index contributed by atoms with van der Waals surface area (Å²) in [6, 6.07) is 14.8. The fourth-order valence-corrected chi connectivity index (χ4v) is 2.58. The quantitative estimate of drug-likeness (QED) is 0.608. The van der Waals surface area contributed by atoms with Gasteiger partial charge in [0.05, 0.1) is 10.0 Å². The second kappa shape index (κ2) is 7.15. The molecule has 0 radical (unpaired) electrons. The number of benzene rings is 2. The van der Waals surface area contributed by atoms with Crippen molar-refractivity contribution in [1.82, 2.24) is 0 Å². The minimum absolute atomic E-state index is 0.597. The van der Waals surface area contributed by atoms with Crippen LogP contribution < -0.4 is 0 Å². The Morgan fingerprint density at radius 1 is 0.800 bits per heavy atom. The van der Waals surface area contributed by atoms with Gasteiger partial charge in [0.15, 0.2) is 0 Å². The molecule has 2 heteroatoms. The molecule has 0 bridgehead atoms. The average molecular weight is 307 g/mol. The van der Waals surface area contributed by atoms with Crippen LogP contribution >= 0.6 is 23.2 Å². The number of hydrogen-bond acceptors (Lipinski definition) is 0. The number of hydrogen-bond donors (Lipinski definition) is 0. The lowest BCUT2D eigenvalue weighted by Gasteiger charge is -2.07. The molecule has 2 aromatic rings. The zero-order chi connectivity index (χ0) is 14.5. The molecular formula is C18H20Cl2. The van der Waals surface area contributed by atoms with Crippen molar-refractivity contribution in [3.8, 4) is 0 Å². The van der Waals surface area contributed by atoms with Gasteiger partial charge in [-0.15, -0.1) is 0 Å². The maximum atomic E-state index is 6.02. The van der Waals surface area contributed by atoms with Gasteiger partial charge in [-0.1, -0.05) is 67.4 Å². The highest BCUT2D eigenvalue weighted by Gasteiger charge is 2.01. The Morgan fingerprint density at radius 2 is 1.40 bits per heavy atom. The van der Waals surface area contributed by atoms with Crippen molar-refractivity contribution in [1.29, 1.82) is 0 Å². The molecule has 0 aliphatic rings. The van der Waals surface area contributed by atoms with Crippen LogP contribution in [0.1, 0.15) is 42.9 Å². The second-order valence-corrected chi connectivity index (χ2v) is 6.31. The minimum atomic E-state index is 0.597. The Balaban J connectivity index is 1.87. The topological polar surface area (TPSA) is 0 Å². The largest absolute Gasteiger partial charge is 0.0827 e. The summed E-state index contributed by atoms with van der Waals surface area (Å²) in [4.78, 5) is 0. The lowest BCUT2D eigenvalue weighted by molar-refractivity contribution is 0.816. The number of aryl methyl sites for hydroxylation is 2. The van der Waals surface area contributed by atoms with Crippen LogP contribution in [0.15, 0.2) is 42.5 Å². The van der Waals surface area contributed by atoms with Crippen molar-refractivity contribution < 1.29 is 0 Å². The molecule has 0 atom stereocenters. The molecule has 0 fully saturated rings. The van der Waals surface area contributed by atoms with E-state index in [0.29, 0.717) is 16.0 Å². The fourth-order valence-electron chi connectivity index (χ4n) is 2.26. The SMILES string of the molecule is CC(C)c1ccc(CCCc2ccc(Cl)c(Cl)c2)cc1. The highest BCUT2D eigenvalue weighted by Crippen LogP contribution is 2.23. The first-order valence-electron chi connectivity index (χ1n) is 7.09. The average Bonchev–Trinajstić information content (AvgIpc) is 2.43. The van der Waals surface area contributed by atoms with Gasteiger partial charge in [-0.25, -0.2) is 0 Å². The van der Waals surface area contributed by atoms with Crippen LogP contribution in [0.3, 0.4) is 0 Å². The summed E-state index contributed by atoms with van der Waals surface area (Å²) >= 11 is 11.9. The summed E-state index contributed by atoms with van der Waals surface area (Å²) in [5.74, 6) is 0.597. The molecule has 0 saturated heterocycles. The van der Waals surface area contributed by atoms with E-state index in [1.807, 2.05) is 12.1 Å². The van der Waals surface area contributed by atoms with Crippen molar-refractivity contribution in [3.63, 3.8) is 0 Å². The van der Waals surface area contributed by atoms with Crippen LogP contribution in [0.5, 0.6) is 0 Å². The molecule has 0 aliphatic heterocycles. The smallest absolute Gasteiger partial charge is 0.0595 e. The van der Waals surface area contributed by atoms with Gasteiger partial charge >= 0.3 is 0 Å². The van der Waals surface area contributed by atoms with Crippen LogP contribution in [0, 0.1) is 0 Å². The zero-order valence-electron chi connectivity index (χ0n) is 12.0. The van der Waals surface area contributed by atoms with Gasteiger partial charge in [-0.3, -0.25) is 0 Å². The third kappa shape index (κ3) is 4.26. The summed E-state index contributed by atoms with van der Waals surface area (Å²) in [6.45, 7) is 4.44. The van der Waals surface area contributed by atoms with Gasteiger partial charge in [0.1, 0.15) is 0 Å². The molecule has 20 heavy (non-hydrogen) atoms. The van der Waals surface area contributed by atoms with Gasteiger partial charge in [0.2, 0.25) is 0 Å². The number of rotatable bonds is 5. The molecular weight excluding hydrogens is 287 g/mol. The van der Waals surface area contributed by atoms with Crippen molar-refractivity contribution in [2.75, 3.05) is 0 Å². The van der Waals surface area contributed by atoms with E-state index in [2.05, 4.69) is 44.2 Å². The molecule has 2 rings (SSSR count). The van der Waals surface area contributed by atoms with Crippen LogP contribution in [0.4, 0.5) is 0 Å². The normalized spacial score (nSPS) is 11.1. The predicted octanol–water partition coefficient (Wildman–Crippen LogP) is 6.29. The lowest BCUT2D eigenvalue weighted by atomic mass is 9.99. The van der Waals surface area contributed by atoms with Gasteiger partial charge in [-0.2, -0.15) is 0 Å².